The summed E-state index contributed by atoms with van der Waals surface area (Å²) < 4.78 is 5.85. The van der Waals surface area contributed by atoms with Crippen molar-refractivity contribution in [2.45, 2.75) is 13.5 Å². The van der Waals surface area contributed by atoms with E-state index in [4.69, 9.17) is 4.74 Å². The van der Waals surface area contributed by atoms with Gasteiger partial charge in [-0.05, 0) is 28.5 Å². The Morgan fingerprint density at radius 2 is 1.73 bits per heavy atom. The number of rotatable bonds is 6. The van der Waals surface area contributed by atoms with Gasteiger partial charge in [0.1, 0.15) is 18.1 Å². The molecule has 0 spiro atoms. The fraction of sp³-hybridized carbons (Fsp3) is 0.0909. The van der Waals surface area contributed by atoms with Gasteiger partial charge in [-0.1, -0.05) is 54.6 Å². The SMILES string of the molecule is CC(=O)C(=O)C=C(O)c1cccc(OCc2cccc3ccccc23)c1. The van der Waals surface area contributed by atoms with Gasteiger partial charge in [-0.15, -0.1) is 0 Å². The lowest BCUT2D eigenvalue weighted by Crippen LogP contribution is -2.06. The number of carbonyl (C=O) groups excluding carboxylic acids is 2. The predicted molar refractivity (Wildman–Crippen MR) is 101 cm³/mol. The van der Waals surface area contributed by atoms with E-state index in [1.165, 1.54) is 0 Å². The molecular weight excluding hydrogens is 328 g/mol. The Labute approximate surface area is 151 Å². The molecule has 4 heteroatoms. The third-order valence-electron chi connectivity index (χ3n) is 4.02. The van der Waals surface area contributed by atoms with Crippen molar-refractivity contribution in [2.24, 2.45) is 0 Å². The van der Waals surface area contributed by atoms with E-state index in [1.807, 2.05) is 42.5 Å². The third-order valence-corrected chi connectivity index (χ3v) is 4.02. The first-order valence-electron chi connectivity index (χ1n) is 8.20. The summed E-state index contributed by atoms with van der Waals surface area (Å²) in [6.07, 6.45) is 0.923. The van der Waals surface area contributed by atoms with Crippen LogP contribution in [0.3, 0.4) is 0 Å². The molecule has 0 saturated carbocycles. The zero-order valence-electron chi connectivity index (χ0n) is 14.3. The number of hydrogen-bond donors (Lipinski definition) is 1. The summed E-state index contributed by atoms with van der Waals surface area (Å²) in [6, 6.07) is 20.9. The topological polar surface area (TPSA) is 63.6 Å². The fourth-order valence-electron chi connectivity index (χ4n) is 2.63. The van der Waals surface area contributed by atoms with Gasteiger partial charge in [0, 0.05) is 18.6 Å². The van der Waals surface area contributed by atoms with Crippen LogP contribution in [-0.4, -0.2) is 16.7 Å². The van der Waals surface area contributed by atoms with Gasteiger partial charge in [0.15, 0.2) is 5.78 Å². The Kier molecular flexibility index (Phi) is 5.13. The molecule has 26 heavy (non-hydrogen) atoms. The first-order chi connectivity index (χ1) is 12.5. The minimum atomic E-state index is -0.746. The molecule has 3 aromatic carbocycles. The summed E-state index contributed by atoms with van der Waals surface area (Å²) in [4.78, 5) is 22.4. The van der Waals surface area contributed by atoms with Crippen LogP contribution in [0.2, 0.25) is 0 Å². The monoisotopic (exact) mass is 346 g/mol. The molecule has 130 valence electrons. The van der Waals surface area contributed by atoms with E-state index in [0.29, 0.717) is 17.9 Å². The van der Waals surface area contributed by atoms with Crippen molar-refractivity contribution in [3.05, 3.63) is 83.9 Å². The number of hydrogen-bond acceptors (Lipinski definition) is 4. The van der Waals surface area contributed by atoms with E-state index in [2.05, 4.69) is 0 Å². The minimum absolute atomic E-state index is 0.263. The van der Waals surface area contributed by atoms with Gasteiger partial charge < -0.3 is 9.84 Å². The lowest BCUT2D eigenvalue weighted by atomic mass is 10.1. The molecule has 0 atom stereocenters. The van der Waals surface area contributed by atoms with Crippen LogP contribution in [0, 0.1) is 0 Å². The lowest BCUT2D eigenvalue weighted by Gasteiger charge is -2.10. The predicted octanol–water partition coefficient (Wildman–Crippen LogP) is 4.48. The molecule has 0 aliphatic rings. The number of benzene rings is 3. The van der Waals surface area contributed by atoms with Crippen LogP contribution >= 0.6 is 0 Å². The molecule has 0 amide bonds. The highest BCUT2D eigenvalue weighted by atomic mass is 16.5. The van der Waals surface area contributed by atoms with E-state index >= 15 is 0 Å². The minimum Gasteiger partial charge on any atom is -0.507 e. The van der Waals surface area contributed by atoms with Crippen molar-refractivity contribution in [3.8, 4) is 5.75 Å². The average Bonchev–Trinajstić information content (AvgIpc) is 2.66. The molecule has 0 saturated heterocycles. The highest BCUT2D eigenvalue weighted by Gasteiger charge is 2.09. The van der Waals surface area contributed by atoms with Crippen LogP contribution in [0.5, 0.6) is 5.75 Å². The van der Waals surface area contributed by atoms with Crippen LogP contribution in [0.1, 0.15) is 18.1 Å². The van der Waals surface area contributed by atoms with Gasteiger partial charge in [0.2, 0.25) is 5.78 Å². The highest BCUT2D eigenvalue weighted by molar-refractivity contribution is 6.41. The molecule has 0 unspecified atom stereocenters. The number of ketones is 2. The van der Waals surface area contributed by atoms with Crippen molar-refractivity contribution in [1.82, 2.24) is 0 Å². The summed E-state index contributed by atoms with van der Waals surface area (Å²) >= 11 is 0. The molecule has 0 aliphatic carbocycles. The fourth-order valence-corrected chi connectivity index (χ4v) is 2.63. The Morgan fingerprint density at radius 1 is 1.00 bits per heavy atom. The number of aliphatic hydroxyl groups excluding tert-OH is 1. The second-order valence-electron chi connectivity index (χ2n) is 5.90. The number of allylic oxidation sites excluding steroid dienone is 1. The number of carbonyl (C=O) groups is 2. The van der Waals surface area contributed by atoms with Crippen molar-refractivity contribution in [3.63, 3.8) is 0 Å². The normalized spacial score (nSPS) is 11.3. The van der Waals surface area contributed by atoms with Crippen LogP contribution in [0.4, 0.5) is 0 Å². The first-order valence-corrected chi connectivity index (χ1v) is 8.20. The average molecular weight is 346 g/mol. The largest absolute Gasteiger partial charge is 0.507 e. The second-order valence-corrected chi connectivity index (χ2v) is 5.90. The molecule has 1 N–H and O–H groups in total. The van der Waals surface area contributed by atoms with Gasteiger partial charge >= 0.3 is 0 Å². The van der Waals surface area contributed by atoms with E-state index in [1.54, 1.807) is 24.3 Å². The van der Waals surface area contributed by atoms with E-state index in [-0.39, 0.29) is 5.76 Å². The van der Waals surface area contributed by atoms with Gasteiger partial charge in [-0.25, -0.2) is 0 Å². The van der Waals surface area contributed by atoms with Gasteiger partial charge in [0.05, 0.1) is 0 Å². The number of fused-ring (bicyclic) bond motifs is 1. The molecule has 0 radical (unpaired) electrons. The molecule has 3 aromatic rings. The number of ether oxygens (including phenoxy) is 1. The summed E-state index contributed by atoms with van der Waals surface area (Å²) in [5, 5.41) is 12.3. The summed E-state index contributed by atoms with van der Waals surface area (Å²) in [5.41, 5.74) is 1.47. The van der Waals surface area contributed by atoms with E-state index in [0.717, 1.165) is 29.3 Å². The van der Waals surface area contributed by atoms with Crippen molar-refractivity contribution in [2.75, 3.05) is 0 Å². The zero-order valence-corrected chi connectivity index (χ0v) is 14.3. The zero-order chi connectivity index (χ0) is 18.5. The molecule has 0 aliphatic heterocycles. The van der Waals surface area contributed by atoms with Crippen molar-refractivity contribution < 1.29 is 19.4 Å². The smallest absolute Gasteiger partial charge is 0.224 e. The van der Waals surface area contributed by atoms with E-state index in [9.17, 15) is 14.7 Å². The molecule has 3 rings (SSSR count). The molecule has 0 fully saturated rings. The van der Waals surface area contributed by atoms with Crippen molar-refractivity contribution in [1.29, 1.82) is 0 Å². The lowest BCUT2D eigenvalue weighted by molar-refractivity contribution is -0.132. The molecule has 4 nitrogen and oxygen atoms in total. The van der Waals surface area contributed by atoms with Crippen LogP contribution in [-0.2, 0) is 16.2 Å². The summed E-state index contributed by atoms with van der Waals surface area (Å²) in [5.74, 6) is -1.07. The van der Waals surface area contributed by atoms with Crippen LogP contribution in [0.25, 0.3) is 16.5 Å². The van der Waals surface area contributed by atoms with Gasteiger partial charge in [-0.2, -0.15) is 0 Å². The van der Waals surface area contributed by atoms with Gasteiger partial charge in [-0.3, -0.25) is 9.59 Å². The first kappa shape index (κ1) is 17.4. The maximum absolute atomic E-state index is 11.4. The van der Waals surface area contributed by atoms with E-state index < -0.39 is 11.6 Å². The molecule has 0 heterocycles. The van der Waals surface area contributed by atoms with Crippen LogP contribution < -0.4 is 4.74 Å². The summed E-state index contributed by atoms with van der Waals surface area (Å²) in [7, 11) is 0. The van der Waals surface area contributed by atoms with Crippen molar-refractivity contribution >= 4 is 28.1 Å². The molecular formula is C22H18O4. The molecule has 0 aromatic heterocycles. The second kappa shape index (κ2) is 7.66. The summed E-state index contributed by atoms with van der Waals surface area (Å²) in [6.45, 7) is 1.54. The Morgan fingerprint density at radius 3 is 2.54 bits per heavy atom. The third kappa shape index (κ3) is 3.98. The Bertz CT molecular complexity index is 996. The molecule has 0 bridgehead atoms. The number of aliphatic hydroxyl groups is 1. The maximum atomic E-state index is 11.4. The Hall–Kier alpha value is -3.40. The maximum Gasteiger partial charge on any atom is 0.224 e. The van der Waals surface area contributed by atoms with Crippen LogP contribution in [0.15, 0.2) is 72.8 Å². The highest BCUT2D eigenvalue weighted by Crippen LogP contribution is 2.23. The quantitative estimate of drug-likeness (QED) is 0.406. The Balaban J connectivity index is 1.79. The number of Topliss-reactive ketones (excluding diaryl/α,β-unsaturated/α-hetero) is 1. The standard InChI is InChI=1S/C22H18O4/c1-15(23)21(24)13-22(25)17-8-5-10-19(12-17)26-14-18-9-4-7-16-6-2-3-11-20(16)18/h2-13,25H,14H2,1H3. The van der Waals surface area contributed by atoms with Gasteiger partial charge in [0.25, 0.3) is 0 Å².